The van der Waals surface area contributed by atoms with E-state index < -0.39 is 0 Å². The third kappa shape index (κ3) is 4.84. The average molecular weight is 226 g/mol. The van der Waals surface area contributed by atoms with Crippen molar-refractivity contribution in [3.63, 3.8) is 0 Å². The summed E-state index contributed by atoms with van der Waals surface area (Å²) in [6, 6.07) is 0. The summed E-state index contributed by atoms with van der Waals surface area (Å²) in [7, 11) is 0. The molecule has 0 aromatic rings. The molecule has 0 aromatic heterocycles. The zero-order valence-electron chi connectivity index (χ0n) is 12.0. The molecule has 0 aromatic carbocycles. The molecular weight excluding hydrogens is 196 g/mol. The summed E-state index contributed by atoms with van der Waals surface area (Å²) in [5.74, 6) is 7.55. The molecule has 1 heterocycles. The van der Waals surface area contributed by atoms with Crippen LogP contribution in [0.25, 0.3) is 0 Å². The molecule has 0 radical (unpaired) electrons. The summed E-state index contributed by atoms with van der Waals surface area (Å²) in [4.78, 5) is 0. The molecule has 2 nitrogen and oxygen atoms in total. The molecular formula is C14H30N2. The van der Waals surface area contributed by atoms with E-state index in [-0.39, 0.29) is 0 Å². The molecule has 0 aliphatic carbocycles. The van der Waals surface area contributed by atoms with Gasteiger partial charge in [-0.15, -0.1) is 0 Å². The standard InChI is InChI=1S/C14H30N2/c1-13(2,3)7-11-9-16(15)10-12(11)8-14(4,5)6/h11-12H,7-10,15H2,1-6H3. The highest BCUT2D eigenvalue weighted by Crippen LogP contribution is 2.38. The van der Waals surface area contributed by atoms with Crippen LogP contribution in [0, 0.1) is 22.7 Å². The number of nitrogens with zero attached hydrogens (tertiary/aromatic N) is 1. The minimum atomic E-state index is 0.423. The summed E-state index contributed by atoms with van der Waals surface area (Å²) in [6.07, 6.45) is 2.59. The summed E-state index contributed by atoms with van der Waals surface area (Å²) in [5, 5.41) is 2.02. The van der Waals surface area contributed by atoms with Crippen LogP contribution in [-0.2, 0) is 0 Å². The highest BCUT2D eigenvalue weighted by molar-refractivity contribution is 4.86. The van der Waals surface area contributed by atoms with Crippen molar-refractivity contribution in [3.8, 4) is 0 Å². The van der Waals surface area contributed by atoms with Crippen molar-refractivity contribution >= 4 is 0 Å². The largest absolute Gasteiger partial charge is 0.269 e. The Bertz CT molecular complexity index is 198. The lowest BCUT2D eigenvalue weighted by Crippen LogP contribution is -2.28. The maximum absolute atomic E-state index is 5.99. The number of hydrogen-bond acceptors (Lipinski definition) is 2. The molecule has 1 fully saturated rings. The molecule has 2 heteroatoms. The predicted molar refractivity (Wildman–Crippen MR) is 70.9 cm³/mol. The van der Waals surface area contributed by atoms with Crippen LogP contribution in [0.5, 0.6) is 0 Å². The average Bonchev–Trinajstić information content (AvgIpc) is 2.23. The van der Waals surface area contributed by atoms with Crippen molar-refractivity contribution in [2.24, 2.45) is 28.5 Å². The van der Waals surface area contributed by atoms with Gasteiger partial charge in [-0.3, -0.25) is 5.84 Å². The Balaban J connectivity index is 2.60. The summed E-state index contributed by atoms with van der Waals surface area (Å²) in [5.41, 5.74) is 0.845. The highest BCUT2D eigenvalue weighted by atomic mass is 15.4. The maximum atomic E-state index is 5.99. The third-order valence-electron chi connectivity index (χ3n) is 3.35. The van der Waals surface area contributed by atoms with Gasteiger partial charge in [0.2, 0.25) is 0 Å². The Kier molecular flexibility index (Phi) is 4.07. The van der Waals surface area contributed by atoms with Crippen molar-refractivity contribution in [2.45, 2.75) is 54.4 Å². The van der Waals surface area contributed by atoms with Crippen molar-refractivity contribution in [1.29, 1.82) is 0 Å². The quantitative estimate of drug-likeness (QED) is 0.732. The van der Waals surface area contributed by atoms with E-state index in [0.29, 0.717) is 10.8 Å². The predicted octanol–water partition coefficient (Wildman–Crippen LogP) is 3.28. The monoisotopic (exact) mass is 226 g/mol. The van der Waals surface area contributed by atoms with Crippen molar-refractivity contribution < 1.29 is 0 Å². The second kappa shape index (κ2) is 4.66. The second-order valence-electron chi connectivity index (χ2n) is 8.00. The minimum Gasteiger partial charge on any atom is -0.269 e. The molecule has 1 rings (SSSR count). The zero-order chi connectivity index (χ0) is 12.6. The Morgan fingerprint density at radius 2 is 1.19 bits per heavy atom. The first kappa shape index (κ1) is 14.0. The molecule has 1 saturated heterocycles. The summed E-state index contributed by atoms with van der Waals surface area (Å²) in [6.45, 7) is 16.2. The second-order valence-corrected chi connectivity index (χ2v) is 8.00. The number of hydrazine groups is 1. The lowest BCUT2D eigenvalue weighted by Gasteiger charge is -2.30. The lowest BCUT2D eigenvalue weighted by atomic mass is 9.74. The summed E-state index contributed by atoms with van der Waals surface area (Å²) < 4.78 is 0. The Labute approximate surface area is 102 Å². The van der Waals surface area contributed by atoms with Crippen LogP contribution in [0.2, 0.25) is 0 Å². The van der Waals surface area contributed by atoms with E-state index in [2.05, 4.69) is 41.5 Å². The molecule has 0 saturated carbocycles. The van der Waals surface area contributed by atoms with Gasteiger partial charge in [0, 0.05) is 13.1 Å². The third-order valence-corrected chi connectivity index (χ3v) is 3.35. The van der Waals surface area contributed by atoms with E-state index in [4.69, 9.17) is 5.84 Å². The van der Waals surface area contributed by atoms with E-state index in [1.165, 1.54) is 12.8 Å². The van der Waals surface area contributed by atoms with E-state index in [1.807, 2.05) is 5.01 Å². The van der Waals surface area contributed by atoms with E-state index in [1.54, 1.807) is 0 Å². The first-order chi connectivity index (χ1) is 7.07. The van der Waals surface area contributed by atoms with Crippen LogP contribution in [-0.4, -0.2) is 18.1 Å². The molecule has 16 heavy (non-hydrogen) atoms. The molecule has 1 aliphatic heterocycles. The van der Waals surface area contributed by atoms with Gasteiger partial charge in [-0.2, -0.15) is 0 Å². The van der Waals surface area contributed by atoms with Gasteiger partial charge < -0.3 is 0 Å². The van der Waals surface area contributed by atoms with E-state index in [9.17, 15) is 0 Å². The fourth-order valence-corrected chi connectivity index (χ4v) is 3.01. The van der Waals surface area contributed by atoms with Crippen LogP contribution in [0.3, 0.4) is 0 Å². The van der Waals surface area contributed by atoms with Gasteiger partial charge in [0.1, 0.15) is 0 Å². The normalized spacial score (nSPS) is 28.7. The highest BCUT2D eigenvalue weighted by Gasteiger charge is 2.35. The molecule has 2 atom stereocenters. The lowest BCUT2D eigenvalue weighted by molar-refractivity contribution is 0.210. The number of rotatable bonds is 2. The van der Waals surface area contributed by atoms with E-state index in [0.717, 1.165) is 24.9 Å². The molecule has 0 spiro atoms. The summed E-state index contributed by atoms with van der Waals surface area (Å²) >= 11 is 0. The number of nitrogens with two attached hydrogens (primary N) is 1. The SMILES string of the molecule is CC(C)(C)CC1CN(N)CC1CC(C)(C)C. The van der Waals surface area contributed by atoms with Crippen molar-refractivity contribution in [3.05, 3.63) is 0 Å². The van der Waals surface area contributed by atoms with Crippen LogP contribution in [0.1, 0.15) is 54.4 Å². The van der Waals surface area contributed by atoms with Crippen molar-refractivity contribution in [1.82, 2.24) is 5.01 Å². The maximum Gasteiger partial charge on any atom is 0.0160 e. The van der Waals surface area contributed by atoms with Gasteiger partial charge in [0.25, 0.3) is 0 Å². The molecule has 0 amide bonds. The van der Waals surface area contributed by atoms with Crippen LogP contribution >= 0.6 is 0 Å². The van der Waals surface area contributed by atoms with Gasteiger partial charge in [0.05, 0.1) is 0 Å². The van der Waals surface area contributed by atoms with Gasteiger partial charge in [-0.1, -0.05) is 41.5 Å². The topological polar surface area (TPSA) is 29.3 Å². The molecule has 0 bridgehead atoms. The van der Waals surface area contributed by atoms with Gasteiger partial charge in [-0.05, 0) is 35.5 Å². The molecule has 96 valence electrons. The molecule has 2 N–H and O–H groups in total. The smallest absolute Gasteiger partial charge is 0.0160 e. The minimum absolute atomic E-state index is 0.423. The van der Waals surface area contributed by atoms with Gasteiger partial charge in [-0.25, -0.2) is 5.01 Å². The number of hydrogen-bond donors (Lipinski definition) is 1. The first-order valence-corrected chi connectivity index (χ1v) is 6.56. The zero-order valence-corrected chi connectivity index (χ0v) is 12.0. The van der Waals surface area contributed by atoms with Gasteiger partial charge >= 0.3 is 0 Å². The molecule has 2 unspecified atom stereocenters. The fourth-order valence-electron chi connectivity index (χ4n) is 3.01. The first-order valence-electron chi connectivity index (χ1n) is 6.56. The Morgan fingerprint density at radius 3 is 1.44 bits per heavy atom. The Hall–Kier alpha value is -0.0800. The van der Waals surface area contributed by atoms with E-state index >= 15 is 0 Å². The molecule has 1 aliphatic rings. The fraction of sp³-hybridized carbons (Fsp3) is 1.00. The van der Waals surface area contributed by atoms with Crippen molar-refractivity contribution in [2.75, 3.05) is 13.1 Å². The van der Waals surface area contributed by atoms with Crippen LogP contribution in [0.4, 0.5) is 0 Å². The van der Waals surface area contributed by atoms with Crippen LogP contribution in [0.15, 0.2) is 0 Å². The van der Waals surface area contributed by atoms with Gasteiger partial charge in [0.15, 0.2) is 0 Å². The van der Waals surface area contributed by atoms with Crippen LogP contribution < -0.4 is 5.84 Å². The Morgan fingerprint density at radius 1 is 0.875 bits per heavy atom.